The molecule has 0 radical (unpaired) electrons. The Morgan fingerprint density at radius 1 is 1.10 bits per heavy atom. The fourth-order valence-corrected chi connectivity index (χ4v) is 2.17. The van der Waals surface area contributed by atoms with Crippen molar-refractivity contribution < 1.29 is 14.6 Å². The molecule has 0 amide bonds. The summed E-state index contributed by atoms with van der Waals surface area (Å²) in [5.74, 6) is -0.0855. The predicted molar refractivity (Wildman–Crippen MR) is 82.9 cm³/mol. The Hall–Kier alpha value is -2.29. The molecule has 2 aromatic rings. The highest BCUT2D eigenvalue weighted by atomic mass is 16.5. The Kier molecular flexibility index (Phi) is 4.32. The largest absolute Gasteiger partial charge is 0.489 e. The molecule has 0 saturated carbocycles. The van der Waals surface area contributed by atoms with Crippen LogP contribution in [0.4, 0.5) is 0 Å². The van der Waals surface area contributed by atoms with Crippen molar-refractivity contribution in [3.63, 3.8) is 0 Å². The first-order valence-electron chi connectivity index (χ1n) is 6.92. The Balaban J connectivity index is 2.17. The van der Waals surface area contributed by atoms with Gasteiger partial charge in [-0.05, 0) is 34.7 Å². The molecule has 2 aromatic carbocycles. The van der Waals surface area contributed by atoms with Crippen LogP contribution in [-0.2, 0) is 12.0 Å². The summed E-state index contributed by atoms with van der Waals surface area (Å²) in [4.78, 5) is 11.0. The minimum Gasteiger partial charge on any atom is -0.489 e. The van der Waals surface area contributed by atoms with Gasteiger partial charge in [0.25, 0.3) is 0 Å². The number of ether oxygens (including phenoxy) is 1. The van der Waals surface area contributed by atoms with E-state index < -0.39 is 5.97 Å². The van der Waals surface area contributed by atoms with Crippen LogP contribution in [0.25, 0.3) is 0 Å². The lowest BCUT2D eigenvalue weighted by molar-refractivity contribution is 0.0696. The first-order chi connectivity index (χ1) is 9.88. The molecule has 0 unspecified atom stereocenters. The molecule has 110 valence electrons. The maximum absolute atomic E-state index is 11.0. The smallest absolute Gasteiger partial charge is 0.335 e. The first-order valence-corrected chi connectivity index (χ1v) is 6.92. The topological polar surface area (TPSA) is 46.5 Å². The van der Waals surface area contributed by atoms with Crippen molar-refractivity contribution in [3.8, 4) is 5.75 Å². The van der Waals surface area contributed by atoms with E-state index in [1.54, 1.807) is 18.2 Å². The number of hydrogen-bond acceptors (Lipinski definition) is 2. The highest BCUT2D eigenvalue weighted by Crippen LogP contribution is 2.31. The molecule has 0 heterocycles. The van der Waals surface area contributed by atoms with Crippen molar-refractivity contribution >= 4 is 5.97 Å². The number of para-hydroxylation sites is 1. The third-order valence-electron chi connectivity index (χ3n) is 3.26. The summed E-state index contributed by atoms with van der Waals surface area (Å²) >= 11 is 0. The third-order valence-corrected chi connectivity index (χ3v) is 3.26. The zero-order valence-electron chi connectivity index (χ0n) is 12.6. The highest BCUT2D eigenvalue weighted by Gasteiger charge is 2.18. The van der Waals surface area contributed by atoms with Crippen LogP contribution in [0.15, 0.2) is 48.5 Å². The minimum atomic E-state index is -0.924. The average molecular weight is 284 g/mol. The number of carbonyl (C=O) groups is 1. The Labute approximate surface area is 125 Å². The van der Waals surface area contributed by atoms with E-state index in [9.17, 15) is 4.79 Å². The molecule has 2 rings (SSSR count). The normalized spacial score (nSPS) is 11.2. The lowest BCUT2D eigenvalue weighted by atomic mass is 9.86. The van der Waals surface area contributed by atoms with E-state index in [1.807, 2.05) is 24.3 Å². The van der Waals surface area contributed by atoms with Crippen LogP contribution in [0, 0.1) is 0 Å². The maximum Gasteiger partial charge on any atom is 0.335 e. The lowest BCUT2D eigenvalue weighted by Crippen LogP contribution is -2.13. The zero-order valence-corrected chi connectivity index (χ0v) is 12.6. The van der Waals surface area contributed by atoms with Gasteiger partial charge in [-0.1, -0.05) is 51.1 Å². The van der Waals surface area contributed by atoms with Crippen molar-refractivity contribution in [2.24, 2.45) is 0 Å². The van der Waals surface area contributed by atoms with Gasteiger partial charge >= 0.3 is 5.97 Å². The van der Waals surface area contributed by atoms with Crippen LogP contribution in [-0.4, -0.2) is 11.1 Å². The van der Waals surface area contributed by atoms with Crippen molar-refractivity contribution in [3.05, 3.63) is 65.2 Å². The summed E-state index contributed by atoms with van der Waals surface area (Å²) in [6.07, 6.45) is 0. The summed E-state index contributed by atoms with van der Waals surface area (Å²) in [7, 11) is 0. The van der Waals surface area contributed by atoms with E-state index in [2.05, 4.69) is 26.8 Å². The minimum absolute atomic E-state index is 0.000490. The number of rotatable bonds is 4. The second-order valence-electron chi connectivity index (χ2n) is 6.04. The van der Waals surface area contributed by atoms with Crippen molar-refractivity contribution in [1.29, 1.82) is 0 Å². The van der Waals surface area contributed by atoms with Gasteiger partial charge in [0, 0.05) is 0 Å². The van der Waals surface area contributed by atoms with Gasteiger partial charge in [-0.15, -0.1) is 0 Å². The van der Waals surface area contributed by atoms with Crippen molar-refractivity contribution in [1.82, 2.24) is 0 Å². The third kappa shape index (κ3) is 3.85. The molecule has 0 aliphatic carbocycles. The molecule has 0 aromatic heterocycles. The monoisotopic (exact) mass is 284 g/mol. The Morgan fingerprint density at radius 2 is 1.81 bits per heavy atom. The van der Waals surface area contributed by atoms with Crippen LogP contribution in [0.2, 0.25) is 0 Å². The van der Waals surface area contributed by atoms with E-state index in [1.165, 1.54) is 0 Å². The molecule has 0 fully saturated rings. The molecular formula is C18H20O3. The van der Waals surface area contributed by atoms with Gasteiger partial charge < -0.3 is 9.84 Å². The van der Waals surface area contributed by atoms with Gasteiger partial charge in [-0.2, -0.15) is 0 Å². The van der Waals surface area contributed by atoms with E-state index in [0.29, 0.717) is 6.61 Å². The van der Waals surface area contributed by atoms with Gasteiger partial charge in [-0.3, -0.25) is 0 Å². The van der Waals surface area contributed by atoms with E-state index >= 15 is 0 Å². The SMILES string of the molecule is CC(C)(C)c1ccccc1OCc1cccc(C(=O)O)c1. The Bertz CT molecular complexity index is 639. The first kappa shape index (κ1) is 15.1. The van der Waals surface area contributed by atoms with Crippen LogP contribution in [0.5, 0.6) is 5.75 Å². The van der Waals surface area contributed by atoms with Crippen molar-refractivity contribution in [2.75, 3.05) is 0 Å². The molecule has 0 aliphatic heterocycles. The molecule has 0 spiro atoms. The fraction of sp³-hybridized carbons (Fsp3) is 0.278. The summed E-state index contributed by atoms with van der Waals surface area (Å²) in [6, 6.07) is 14.8. The number of carboxylic acid groups (broad SMARTS) is 1. The fourth-order valence-electron chi connectivity index (χ4n) is 2.17. The standard InChI is InChI=1S/C18H20O3/c1-18(2,3)15-9-4-5-10-16(15)21-12-13-7-6-8-14(11-13)17(19)20/h4-11H,12H2,1-3H3,(H,19,20). The molecule has 0 saturated heterocycles. The summed E-state index contributed by atoms with van der Waals surface area (Å²) in [5.41, 5.74) is 2.26. The highest BCUT2D eigenvalue weighted by molar-refractivity contribution is 5.87. The molecule has 0 bridgehead atoms. The van der Waals surface area contributed by atoms with E-state index in [4.69, 9.17) is 9.84 Å². The molecule has 1 N–H and O–H groups in total. The number of hydrogen-bond donors (Lipinski definition) is 1. The molecule has 0 atom stereocenters. The van der Waals surface area contributed by atoms with Gasteiger partial charge in [0.15, 0.2) is 0 Å². The van der Waals surface area contributed by atoms with Gasteiger partial charge in [0.05, 0.1) is 5.56 Å². The molecule has 3 nitrogen and oxygen atoms in total. The number of benzene rings is 2. The zero-order chi connectivity index (χ0) is 15.5. The maximum atomic E-state index is 11.0. The van der Waals surface area contributed by atoms with E-state index in [-0.39, 0.29) is 11.0 Å². The average Bonchev–Trinajstić information content (AvgIpc) is 2.45. The second kappa shape index (κ2) is 6.00. The summed E-state index contributed by atoms with van der Waals surface area (Å²) < 4.78 is 5.89. The van der Waals surface area contributed by atoms with Gasteiger partial charge in [0.1, 0.15) is 12.4 Å². The molecule has 21 heavy (non-hydrogen) atoms. The second-order valence-corrected chi connectivity index (χ2v) is 6.04. The van der Waals surface area contributed by atoms with Gasteiger partial charge in [-0.25, -0.2) is 4.79 Å². The summed E-state index contributed by atoms with van der Waals surface area (Å²) in [6.45, 7) is 6.77. The molecule has 0 aliphatic rings. The van der Waals surface area contributed by atoms with Crippen LogP contribution in [0.1, 0.15) is 42.3 Å². The van der Waals surface area contributed by atoms with Crippen LogP contribution in [0.3, 0.4) is 0 Å². The Morgan fingerprint density at radius 3 is 2.48 bits per heavy atom. The quantitative estimate of drug-likeness (QED) is 0.912. The summed E-state index contributed by atoms with van der Waals surface area (Å²) in [5, 5.41) is 9.00. The van der Waals surface area contributed by atoms with E-state index in [0.717, 1.165) is 16.9 Å². The predicted octanol–water partition coefficient (Wildman–Crippen LogP) is 4.26. The molecule has 3 heteroatoms. The number of carboxylic acids is 1. The van der Waals surface area contributed by atoms with Crippen molar-refractivity contribution in [2.45, 2.75) is 32.8 Å². The molecular weight excluding hydrogens is 264 g/mol. The van der Waals surface area contributed by atoms with Crippen LogP contribution < -0.4 is 4.74 Å². The number of aromatic carboxylic acids is 1. The van der Waals surface area contributed by atoms with Gasteiger partial charge in [0.2, 0.25) is 0 Å². The lowest BCUT2D eigenvalue weighted by Gasteiger charge is -2.22. The van der Waals surface area contributed by atoms with Crippen LogP contribution >= 0.6 is 0 Å².